The lowest BCUT2D eigenvalue weighted by molar-refractivity contribution is 0.0757. The Morgan fingerprint density at radius 2 is 2.04 bits per heavy atom. The Hall–Kier alpha value is -1.97. The molecule has 9 heteroatoms. The number of carbonyl (C=O) groups is 1. The number of aliphatic hydroxyl groups excluding tert-OH is 1. The summed E-state index contributed by atoms with van der Waals surface area (Å²) in [6.45, 7) is 4.05. The first kappa shape index (κ1) is 18.8. The van der Waals surface area contributed by atoms with Gasteiger partial charge in [-0.05, 0) is 31.5 Å². The van der Waals surface area contributed by atoms with E-state index in [-0.39, 0.29) is 24.7 Å². The number of aryl methyl sites for hydroxylation is 2. The summed E-state index contributed by atoms with van der Waals surface area (Å²) >= 11 is 0. The van der Waals surface area contributed by atoms with Gasteiger partial charge in [-0.3, -0.25) is 9.20 Å². The molecule has 0 aliphatic carbocycles. The minimum Gasteiger partial charge on any atom is -0.391 e. The molecule has 3 heterocycles. The molecule has 3 rings (SSSR count). The zero-order chi connectivity index (χ0) is 19.2. The summed E-state index contributed by atoms with van der Waals surface area (Å²) in [6.07, 6.45) is 0.939. The van der Waals surface area contributed by atoms with Crippen LogP contribution in [0.4, 0.5) is 0 Å². The zero-order valence-electron chi connectivity index (χ0n) is 15.4. The molecule has 1 aliphatic heterocycles. The fourth-order valence-electron chi connectivity index (χ4n) is 3.28. The van der Waals surface area contributed by atoms with Crippen molar-refractivity contribution in [3.05, 3.63) is 35.3 Å². The minimum absolute atomic E-state index is 0.116. The van der Waals surface area contributed by atoms with Crippen LogP contribution in [0.1, 0.15) is 21.7 Å². The van der Waals surface area contributed by atoms with E-state index in [0.717, 1.165) is 9.87 Å². The Bertz CT molecular complexity index is 951. The lowest BCUT2D eigenvalue weighted by Gasteiger charge is -2.18. The van der Waals surface area contributed by atoms with Crippen LogP contribution in [0.3, 0.4) is 0 Å². The summed E-state index contributed by atoms with van der Waals surface area (Å²) < 4.78 is 27.1. The SMILES string of the molecule is Cc1ccn2c(C(=O)N3C[C@@H](CS(=O)(=O)N(C)C)[C@H](O)C3)c(C)nc2c1. The van der Waals surface area contributed by atoms with Crippen molar-refractivity contribution in [3.8, 4) is 0 Å². The van der Waals surface area contributed by atoms with Gasteiger partial charge in [-0.15, -0.1) is 0 Å². The van der Waals surface area contributed by atoms with Crippen LogP contribution in [0, 0.1) is 19.8 Å². The maximum atomic E-state index is 13.0. The number of likely N-dealkylation sites (tertiary alicyclic amines) is 1. The molecule has 1 aliphatic rings. The second-order valence-electron chi connectivity index (χ2n) is 7.08. The average molecular weight is 380 g/mol. The van der Waals surface area contributed by atoms with Crippen LogP contribution in [0.2, 0.25) is 0 Å². The fourth-order valence-corrected chi connectivity index (χ4v) is 4.44. The number of β-amino-alcohol motifs (C(OH)–C–C–N with tert-alkyl or cyclic N) is 1. The van der Waals surface area contributed by atoms with E-state index in [1.165, 1.54) is 19.0 Å². The number of sulfonamides is 1. The summed E-state index contributed by atoms with van der Waals surface area (Å²) in [5, 5.41) is 10.3. The molecular formula is C17H24N4O4S. The van der Waals surface area contributed by atoms with Crippen molar-refractivity contribution >= 4 is 21.6 Å². The summed E-state index contributed by atoms with van der Waals surface area (Å²) in [6, 6.07) is 3.80. The van der Waals surface area contributed by atoms with Crippen LogP contribution in [0.15, 0.2) is 18.3 Å². The van der Waals surface area contributed by atoms with Gasteiger partial charge in [0.25, 0.3) is 5.91 Å². The van der Waals surface area contributed by atoms with E-state index in [0.29, 0.717) is 17.0 Å². The van der Waals surface area contributed by atoms with Crippen LogP contribution < -0.4 is 0 Å². The van der Waals surface area contributed by atoms with Crippen molar-refractivity contribution in [2.24, 2.45) is 5.92 Å². The third kappa shape index (κ3) is 3.34. The van der Waals surface area contributed by atoms with Gasteiger partial charge in [-0.25, -0.2) is 17.7 Å². The van der Waals surface area contributed by atoms with Gasteiger partial charge in [0.2, 0.25) is 10.0 Å². The van der Waals surface area contributed by atoms with E-state index in [4.69, 9.17) is 0 Å². The summed E-state index contributed by atoms with van der Waals surface area (Å²) in [5.41, 5.74) is 2.80. The number of aromatic nitrogens is 2. The topological polar surface area (TPSA) is 95.2 Å². The molecule has 8 nitrogen and oxygen atoms in total. The number of fused-ring (bicyclic) bond motifs is 1. The Morgan fingerprint density at radius 3 is 2.69 bits per heavy atom. The predicted molar refractivity (Wildman–Crippen MR) is 97.5 cm³/mol. The van der Waals surface area contributed by atoms with E-state index in [2.05, 4.69) is 4.98 Å². The molecule has 26 heavy (non-hydrogen) atoms. The quantitative estimate of drug-likeness (QED) is 0.822. The largest absolute Gasteiger partial charge is 0.391 e. The van der Waals surface area contributed by atoms with Crippen molar-refractivity contribution in [2.45, 2.75) is 20.0 Å². The van der Waals surface area contributed by atoms with Gasteiger partial charge in [0.1, 0.15) is 11.3 Å². The Morgan fingerprint density at radius 1 is 1.35 bits per heavy atom. The highest BCUT2D eigenvalue weighted by molar-refractivity contribution is 7.89. The molecule has 2 aromatic rings. The number of amides is 1. The third-order valence-electron chi connectivity index (χ3n) is 4.83. The Labute approximate surface area is 153 Å². The number of hydrogen-bond acceptors (Lipinski definition) is 5. The number of pyridine rings is 1. The molecule has 1 amide bonds. The lowest BCUT2D eigenvalue weighted by Crippen LogP contribution is -2.34. The standard InChI is InChI=1S/C17H24N4O4S/c1-11-5-6-21-15(7-11)18-12(2)16(21)17(23)20-8-13(14(22)9-20)10-26(24,25)19(3)4/h5-7,13-14,22H,8-10H2,1-4H3/t13-,14+/m0/s1. The Kier molecular flexibility index (Phi) is 4.80. The second kappa shape index (κ2) is 6.64. The fraction of sp³-hybridized carbons (Fsp3) is 0.529. The Balaban J connectivity index is 1.85. The molecule has 2 atom stereocenters. The molecule has 0 aromatic carbocycles. The minimum atomic E-state index is -3.45. The maximum absolute atomic E-state index is 13.0. The van der Waals surface area contributed by atoms with Gasteiger partial charge < -0.3 is 10.0 Å². The molecule has 1 N–H and O–H groups in total. The average Bonchev–Trinajstić information content (AvgIpc) is 3.05. The van der Waals surface area contributed by atoms with Crippen molar-refractivity contribution in [2.75, 3.05) is 32.9 Å². The lowest BCUT2D eigenvalue weighted by atomic mass is 10.1. The van der Waals surface area contributed by atoms with E-state index >= 15 is 0 Å². The number of rotatable bonds is 4. The molecular weight excluding hydrogens is 356 g/mol. The van der Waals surface area contributed by atoms with Crippen molar-refractivity contribution < 1.29 is 18.3 Å². The molecule has 1 fully saturated rings. The summed E-state index contributed by atoms with van der Waals surface area (Å²) in [5.74, 6) is -0.938. The van der Waals surface area contributed by atoms with Crippen molar-refractivity contribution in [3.63, 3.8) is 0 Å². The molecule has 0 spiro atoms. The summed E-state index contributed by atoms with van der Waals surface area (Å²) in [4.78, 5) is 19.0. The molecule has 0 saturated carbocycles. The maximum Gasteiger partial charge on any atom is 0.272 e. The number of imidazole rings is 1. The smallest absolute Gasteiger partial charge is 0.272 e. The van der Waals surface area contributed by atoms with Crippen molar-refractivity contribution in [1.29, 1.82) is 0 Å². The van der Waals surface area contributed by atoms with Crippen LogP contribution in [0.5, 0.6) is 0 Å². The molecule has 0 bridgehead atoms. The van der Waals surface area contributed by atoms with Gasteiger partial charge in [0.15, 0.2) is 0 Å². The van der Waals surface area contributed by atoms with Crippen LogP contribution in [-0.4, -0.2) is 77.1 Å². The van der Waals surface area contributed by atoms with Gasteiger partial charge in [-0.2, -0.15) is 0 Å². The molecule has 2 aromatic heterocycles. The number of aliphatic hydroxyl groups is 1. The summed E-state index contributed by atoms with van der Waals surface area (Å²) in [7, 11) is -0.524. The normalized spacial score (nSPS) is 21.1. The molecule has 0 unspecified atom stereocenters. The van der Waals surface area contributed by atoms with E-state index in [1.54, 1.807) is 17.5 Å². The number of nitrogens with zero attached hydrogens (tertiary/aromatic N) is 4. The van der Waals surface area contributed by atoms with Crippen LogP contribution in [0.25, 0.3) is 5.65 Å². The van der Waals surface area contributed by atoms with E-state index in [9.17, 15) is 18.3 Å². The van der Waals surface area contributed by atoms with Gasteiger partial charge >= 0.3 is 0 Å². The van der Waals surface area contributed by atoms with E-state index < -0.39 is 22.0 Å². The first-order valence-electron chi connectivity index (χ1n) is 8.43. The monoisotopic (exact) mass is 380 g/mol. The van der Waals surface area contributed by atoms with Gasteiger partial charge in [-0.1, -0.05) is 0 Å². The molecule has 1 saturated heterocycles. The second-order valence-corrected chi connectivity index (χ2v) is 9.30. The van der Waals surface area contributed by atoms with E-state index in [1.807, 2.05) is 19.1 Å². The highest BCUT2D eigenvalue weighted by Crippen LogP contribution is 2.23. The van der Waals surface area contributed by atoms with Crippen LogP contribution >= 0.6 is 0 Å². The number of carbonyl (C=O) groups excluding carboxylic acids is 1. The highest BCUT2D eigenvalue weighted by atomic mass is 32.2. The van der Waals surface area contributed by atoms with Crippen LogP contribution in [-0.2, 0) is 10.0 Å². The highest BCUT2D eigenvalue weighted by Gasteiger charge is 2.38. The number of hydrogen-bond donors (Lipinski definition) is 1. The van der Waals surface area contributed by atoms with Crippen molar-refractivity contribution in [1.82, 2.24) is 18.6 Å². The van der Waals surface area contributed by atoms with Gasteiger partial charge in [0, 0.05) is 39.3 Å². The zero-order valence-corrected chi connectivity index (χ0v) is 16.2. The van der Waals surface area contributed by atoms with Gasteiger partial charge in [0.05, 0.1) is 17.6 Å². The third-order valence-corrected chi connectivity index (χ3v) is 6.80. The first-order chi connectivity index (χ1) is 12.1. The molecule has 0 radical (unpaired) electrons. The first-order valence-corrected chi connectivity index (χ1v) is 10.0. The molecule has 142 valence electrons. The predicted octanol–water partition coefficient (Wildman–Crippen LogP) is 0.275.